The maximum Gasteiger partial charge on any atom is 0.333 e. The van der Waals surface area contributed by atoms with E-state index in [-0.39, 0.29) is 6.04 Å². The molecule has 13 heavy (non-hydrogen) atoms. The van der Waals surface area contributed by atoms with Crippen molar-refractivity contribution >= 4 is 22.1 Å². The van der Waals surface area contributed by atoms with Crippen molar-refractivity contribution in [2.45, 2.75) is 31.7 Å². The van der Waals surface area contributed by atoms with E-state index in [0.717, 1.165) is 30.8 Å². The molecule has 0 aromatic rings. The highest BCUT2D eigenvalue weighted by molar-refractivity contribution is 7.99. The van der Waals surface area contributed by atoms with Gasteiger partial charge in [-0.05, 0) is 18.6 Å². The van der Waals surface area contributed by atoms with Crippen LogP contribution in [0.15, 0.2) is 0 Å². The van der Waals surface area contributed by atoms with Crippen LogP contribution in [0.2, 0.25) is 0 Å². The zero-order valence-electron chi connectivity index (χ0n) is 7.40. The molecule has 0 aliphatic carbocycles. The van der Waals surface area contributed by atoms with Gasteiger partial charge in [-0.1, -0.05) is 12.8 Å². The molecular weight excluding hydrogens is 210 g/mol. The Labute approximate surface area is 83.4 Å². The number of hydrogen-bond donors (Lipinski definition) is 2. The molecule has 1 rings (SSSR count). The molecule has 78 valence electrons. The first-order valence-electron chi connectivity index (χ1n) is 4.40. The summed E-state index contributed by atoms with van der Waals surface area (Å²) in [6.45, 7) is 0. The Morgan fingerprint density at radius 2 is 2.08 bits per heavy atom. The molecule has 4 nitrogen and oxygen atoms in total. The molecule has 0 saturated carbocycles. The smallest absolute Gasteiger partial charge is 0.273 e. The molecule has 1 atom stereocenters. The largest absolute Gasteiger partial charge is 0.333 e. The molecule has 1 aliphatic heterocycles. The molecule has 2 N–H and O–H groups in total. The van der Waals surface area contributed by atoms with Crippen molar-refractivity contribution in [1.82, 2.24) is 4.72 Å². The second kappa shape index (κ2) is 5.19. The molecule has 0 spiro atoms. The fourth-order valence-corrected chi connectivity index (χ4v) is 3.22. The Balaban J connectivity index is 2.38. The van der Waals surface area contributed by atoms with Gasteiger partial charge < -0.3 is 0 Å². The lowest BCUT2D eigenvalue weighted by molar-refractivity contribution is 0.447. The minimum atomic E-state index is -4.02. The van der Waals surface area contributed by atoms with Gasteiger partial charge in [0.05, 0.1) is 0 Å². The van der Waals surface area contributed by atoms with E-state index in [9.17, 15) is 8.42 Å². The van der Waals surface area contributed by atoms with Crippen molar-refractivity contribution in [2.75, 3.05) is 11.5 Å². The SMILES string of the molecule is O=S(=O)(O)NC1CCCCCSC1. The van der Waals surface area contributed by atoms with Crippen molar-refractivity contribution in [2.24, 2.45) is 0 Å². The monoisotopic (exact) mass is 225 g/mol. The first-order chi connectivity index (χ1) is 6.08. The predicted molar refractivity (Wildman–Crippen MR) is 54.3 cm³/mol. The van der Waals surface area contributed by atoms with Gasteiger partial charge in [0.15, 0.2) is 0 Å². The van der Waals surface area contributed by atoms with Gasteiger partial charge >= 0.3 is 10.3 Å². The van der Waals surface area contributed by atoms with E-state index in [1.165, 1.54) is 6.42 Å². The highest BCUT2D eigenvalue weighted by atomic mass is 32.2. The summed E-state index contributed by atoms with van der Waals surface area (Å²) in [6.07, 6.45) is 4.22. The lowest BCUT2D eigenvalue weighted by atomic mass is 10.1. The molecule has 0 radical (unpaired) electrons. The summed E-state index contributed by atoms with van der Waals surface area (Å²) in [5, 5.41) is 0. The summed E-state index contributed by atoms with van der Waals surface area (Å²) >= 11 is 1.74. The standard InChI is InChI=1S/C7H15NO3S2/c9-13(10,11)8-7-4-2-1-3-5-12-6-7/h7-8H,1-6H2,(H,9,10,11). The van der Waals surface area contributed by atoms with E-state index < -0.39 is 10.3 Å². The average Bonchev–Trinajstić information content (AvgIpc) is 1.92. The first kappa shape index (κ1) is 11.3. The van der Waals surface area contributed by atoms with E-state index in [4.69, 9.17) is 4.55 Å². The van der Waals surface area contributed by atoms with Crippen LogP contribution < -0.4 is 4.72 Å². The first-order valence-corrected chi connectivity index (χ1v) is 7.00. The zero-order chi connectivity index (χ0) is 9.73. The zero-order valence-corrected chi connectivity index (χ0v) is 9.03. The third-order valence-electron chi connectivity index (χ3n) is 1.98. The van der Waals surface area contributed by atoms with E-state index >= 15 is 0 Å². The van der Waals surface area contributed by atoms with Gasteiger partial charge in [-0.25, -0.2) is 0 Å². The Bertz CT molecular complexity index is 232. The van der Waals surface area contributed by atoms with Gasteiger partial charge in [0.1, 0.15) is 0 Å². The lowest BCUT2D eigenvalue weighted by Crippen LogP contribution is -2.36. The van der Waals surface area contributed by atoms with Crippen LogP contribution in [0.5, 0.6) is 0 Å². The molecule has 0 aromatic carbocycles. The predicted octanol–water partition coefficient (Wildman–Crippen LogP) is 1.05. The average molecular weight is 225 g/mol. The van der Waals surface area contributed by atoms with Crippen LogP contribution in [0.3, 0.4) is 0 Å². The minimum Gasteiger partial charge on any atom is -0.273 e. The number of hydrogen-bond acceptors (Lipinski definition) is 3. The van der Waals surface area contributed by atoms with Crippen molar-refractivity contribution in [1.29, 1.82) is 0 Å². The molecule has 0 bridgehead atoms. The summed E-state index contributed by atoms with van der Waals surface area (Å²) in [5.41, 5.74) is 0. The normalized spacial score (nSPS) is 26.4. The van der Waals surface area contributed by atoms with Crippen LogP contribution in [0.25, 0.3) is 0 Å². The molecule has 1 fully saturated rings. The molecule has 1 unspecified atom stereocenters. The third-order valence-corrected chi connectivity index (χ3v) is 3.82. The maximum absolute atomic E-state index is 10.5. The van der Waals surface area contributed by atoms with E-state index in [1.54, 1.807) is 11.8 Å². The second-order valence-electron chi connectivity index (χ2n) is 3.21. The third kappa shape index (κ3) is 5.51. The van der Waals surface area contributed by atoms with Gasteiger partial charge in [-0.2, -0.15) is 24.9 Å². The van der Waals surface area contributed by atoms with Gasteiger partial charge in [-0.3, -0.25) is 4.55 Å². The summed E-state index contributed by atoms with van der Waals surface area (Å²) in [4.78, 5) is 0. The molecular formula is C7H15NO3S2. The number of nitrogens with one attached hydrogen (secondary N) is 1. The van der Waals surface area contributed by atoms with Gasteiger partial charge in [0.2, 0.25) is 0 Å². The van der Waals surface area contributed by atoms with Crippen LogP contribution in [-0.4, -0.2) is 30.5 Å². The van der Waals surface area contributed by atoms with E-state index in [0.29, 0.717) is 0 Å². The molecule has 0 aromatic heterocycles. The van der Waals surface area contributed by atoms with Crippen LogP contribution in [0.4, 0.5) is 0 Å². The van der Waals surface area contributed by atoms with Gasteiger partial charge in [-0.15, -0.1) is 0 Å². The number of rotatable bonds is 2. The minimum absolute atomic E-state index is 0.0969. The molecule has 1 saturated heterocycles. The Morgan fingerprint density at radius 1 is 1.31 bits per heavy atom. The molecule has 6 heteroatoms. The van der Waals surface area contributed by atoms with Gasteiger partial charge in [0.25, 0.3) is 0 Å². The lowest BCUT2D eigenvalue weighted by Gasteiger charge is -2.18. The Morgan fingerprint density at radius 3 is 2.77 bits per heavy atom. The fraction of sp³-hybridized carbons (Fsp3) is 1.00. The summed E-state index contributed by atoms with van der Waals surface area (Å²) in [7, 11) is -4.02. The van der Waals surface area contributed by atoms with Crippen molar-refractivity contribution in [3.8, 4) is 0 Å². The molecule has 1 heterocycles. The number of thioether (sulfide) groups is 1. The van der Waals surface area contributed by atoms with Crippen LogP contribution in [-0.2, 0) is 10.3 Å². The van der Waals surface area contributed by atoms with Crippen molar-refractivity contribution in [3.63, 3.8) is 0 Å². The summed E-state index contributed by atoms with van der Waals surface area (Å²) in [6, 6.07) is -0.0969. The maximum atomic E-state index is 10.5. The summed E-state index contributed by atoms with van der Waals surface area (Å²) < 4.78 is 31.9. The fourth-order valence-electron chi connectivity index (χ4n) is 1.38. The summed E-state index contributed by atoms with van der Waals surface area (Å²) in [5.74, 6) is 1.85. The van der Waals surface area contributed by atoms with E-state index in [1.807, 2.05) is 0 Å². The van der Waals surface area contributed by atoms with E-state index in [2.05, 4.69) is 4.72 Å². The van der Waals surface area contributed by atoms with Crippen LogP contribution >= 0.6 is 11.8 Å². The molecule has 1 aliphatic rings. The Kier molecular flexibility index (Phi) is 4.51. The van der Waals surface area contributed by atoms with Crippen LogP contribution in [0, 0.1) is 0 Å². The van der Waals surface area contributed by atoms with Crippen molar-refractivity contribution in [3.05, 3.63) is 0 Å². The quantitative estimate of drug-likeness (QED) is 0.689. The highest BCUT2D eigenvalue weighted by Gasteiger charge is 2.16. The topological polar surface area (TPSA) is 66.4 Å². The highest BCUT2D eigenvalue weighted by Crippen LogP contribution is 2.16. The second-order valence-corrected chi connectivity index (χ2v) is 5.55. The van der Waals surface area contributed by atoms with Gasteiger partial charge in [0, 0.05) is 11.8 Å². The van der Waals surface area contributed by atoms with Crippen molar-refractivity contribution < 1.29 is 13.0 Å². The molecule has 0 amide bonds. The Hall–Kier alpha value is 0.220. The van der Waals surface area contributed by atoms with Crippen LogP contribution in [0.1, 0.15) is 25.7 Å².